The van der Waals surface area contributed by atoms with Crippen molar-refractivity contribution in [3.63, 3.8) is 0 Å². The van der Waals surface area contributed by atoms with Crippen molar-refractivity contribution in [1.82, 2.24) is 4.90 Å². The van der Waals surface area contributed by atoms with E-state index in [1.54, 1.807) is 29.2 Å². The van der Waals surface area contributed by atoms with E-state index < -0.39 is 23.2 Å². The number of methoxy groups -OCH3 is 1. The van der Waals surface area contributed by atoms with E-state index in [0.717, 1.165) is 30.5 Å². The number of amides is 3. The molecule has 10 heteroatoms. The van der Waals surface area contributed by atoms with Crippen molar-refractivity contribution in [3.8, 4) is 0 Å². The number of anilines is 2. The van der Waals surface area contributed by atoms with Gasteiger partial charge >= 0.3 is 12.3 Å². The van der Waals surface area contributed by atoms with Crippen LogP contribution in [0.5, 0.6) is 0 Å². The van der Waals surface area contributed by atoms with Gasteiger partial charge in [0.05, 0.1) is 18.1 Å². The molecule has 3 amide bonds. The number of carbonyl (C=O) groups is 3. The number of nitrogens with zero attached hydrogens (tertiary/aromatic N) is 1. The van der Waals surface area contributed by atoms with Crippen molar-refractivity contribution in [2.45, 2.75) is 43.2 Å². The summed E-state index contributed by atoms with van der Waals surface area (Å²) in [5.74, 6) is -0.0576. The lowest BCUT2D eigenvalue weighted by Crippen LogP contribution is -2.38. The number of ether oxygens (including phenoxy) is 1. The minimum absolute atomic E-state index is 0.0999. The molecule has 2 fully saturated rings. The summed E-state index contributed by atoms with van der Waals surface area (Å²) in [6.07, 6.45) is -2.27. The Kier molecular flexibility index (Phi) is 7.75. The number of nitrogens with one attached hydrogen (secondary N) is 2. The molecule has 1 saturated heterocycles. The fourth-order valence-corrected chi connectivity index (χ4v) is 5.34. The van der Waals surface area contributed by atoms with Crippen molar-refractivity contribution in [3.05, 3.63) is 95.1 Å². The summed E-state index contributed by atoms with van der Waals surface area (Å²) in [5.41, 5.74) is 1.78. The molecule has 0 atom stereocenters. The van der Waals surface area contributed by atoms with Gasteiger partial charge < -0.3 is 15.0 Å². The van der Waals surface area contributed by atoms with Crippen LogP contribution in [-0.4, -0.2) is 43.0 Å². The Balaban J connectivity index is 1.16. The maximum Gasteiger partial charge on any atom is 0.416 e. The fraction of sp³-hybridized carbons (Fsp3) is 0.323. The Labute approximate surface area is 235 Å². The number of carbonyl (C=O) groups excluding carboxylic acids is 3. The van der Waals surface area contributed by atoms with Crippen molar-refractivity contribution >= 4 is 29.3 Å². The van der Waals surface area contributed by atoms with E-state index in [1.807, 2.05) is 24.3 Å². The van der Waals surface area contributed by atoms with Crippen LogP contribution in [0.25, 0.3) is 0 Å². The smallest absolute Gasteiger partial charge is 0.416 e. The van der Waals surface area contributed by atoms with Gasteiger partial charge in [-0.3, -0.25) is 14.9 Å². The van der Waals surface area contributed by atoms with E-state index in [2.05, 4.69) is 15.4 Å². The van der Waals surface area contributed by atoms with Gasteiger partial charge in [0.2, 0.25) is 5.91 Å². The van der Waals surface area contributed by atoms with Crippen LogP contribution in [0.3, 0.4) is 0 Å². The Morgan fingerprint density at radius 1 is 0.878 bits per heavy atom. The second kappa shape index (κ2) is 11.3. The highest BCUT2D eigenvalue weighted by atomic mass is 19.4. The third kappa shape index (κ3) is 6.21. The summed E-state index contributed by atoms with van der Waals surface area (Å²) in [4.78, 5) is 39.4. The molecule has 3 aromatic carbocycles. The normalized spacial score (nSPS) is 16.5. The molecule has 2 N–H and O–H groups in total. The minimum atomic E-state index is -4.41. The summed E-state index contributed by atoms with van der Waals surface area (Å²) in [6, 6.07) is 19.2. The van der Waals surface area contributed by atoms with Gasteiger partial charge in [-0.05, 0) is 85.2 Å². The Morgan fingerprint density at radius 3 is 2.12 bits per heavy atom. The van der Waals surface area contributed by atoms with E-state index in [1.165, 1.54) is 19.2 Å². The molecule has 0 bridgehead atoms. The van der Waals surface area contributed by atoms with Crippen LogP contribution in [0.1, 0.15) is 58.6 Å². The molecule has 0 radical (unpaired) electrons. The van der Waals surface area contributed by atoms with Crippen LogP contribution in [0.4, 0.5) is 29.3 Å². The highest BCUT2D eigenvalue weighted by Crippen LogP contribution is 2.49. The first kappa shape index (κ1) is 28.2. The van der Waals surface area contributed by atoms with E-state index in [-0.39, 0.29) is 17.7 Å². The minimum Gasteiger partial charge on any atom is -0.453 e. The molecule has 0 spiro atoms. The third-order valence-electron chi connectivity index (χ3n) is 7.91. The molecule has 7 nitrogen and oxygen atoms in total. The number of hydrogen-bond acceptors (Lipinski definition) is 4. The van der Waals surface area contributed by atoms with Gasteiger partial charge in [0, 0.05) is 30.0 Å². The lowest BCUT2D eigenvalue weighted by molar-refractivity contribution is -0.137. The third-order valence-corrected chi connectivity index (χ3v) is 7.91. The topological polar surface area (TPSA) is 87.7 Å². The number of rotatable bonds is 6. The maximum atomic E-state index is 13.1. The summed E-state index contributed by atoms with van der Waals surface area (Å²) < 4.78 is 43.4. The lowest BCUT2D eigenvalue weighted by atomic mass is 9.89. The molecule has 5 rings (SSSR count). The second-order valence-electron chi connectivity index (χ2n) is 10.5. The molecular formula is C31H30F3N3O4. The molecule has 1 aliphatic heterocycles. The van der Waals surface area contributed by atoms with Crippen LogP contribution >= 0.6 is 0 Å². The van der Waals surface area contributed by atoms with E-state index in [4.69, 9.17) is 0 Å². The zero-order chi connectivity index (χ0) is 29.2. The van der Waals surface area contributed by atoms with Crippen LogP contribution in [-0.2, 0) is 21.1 Å². The van der Waals surface area contributed by atoms with Gasteiger partial charge in [0.15, 0.2) is 0 Å². The van der Waals surface area contributed by atoms with Crippen LogP contribution in [0.15, 0.2) is 72.8 Å². The first-order valence-electron chi connectivity index (χ1n) is 13.4. The molecular weight excluding hydrogens is 535 g/mol. The number of piperidine rings is 1. The fourth-order valence-electron chi connectivity index (χ4n) is 5.34. The van der Waals surface area contributed by atoms with Gasteiger partial charge in [0.1, 0.15) is 0 Å². The predicted octanol–water partition coefficient (Wildman–Crippen LogP) is 6.57. The van der Waals surface area contributed by atoms with Crippen LogP contribution in [0, 0.1) is 0 Å². The maximum absolute atomic E-state index is 13.1. The lowest BCUT2D eigenvalue weighted by Gasteiger charge is -2.32. The second-order valence-corrected chi connectivity index (χ2v) is 10.5. The van der Waals surface area contributed by atoms with Gasteiger partial charge in [-0.1, -0.05) is 30.3 Å². The zero-order valence-electron chi connectivity index (χ0n) is 22.5. The number of alkyl halides is 3. The summed E-state index contributed by atoms with van der Waals surface area (Å²) >= 11 is 0. The predicted molar refractivity (Wildman–Crippen MR) is 148 cm³/mol. The number of hydrogen-bond donors (Lipinski definition) is 2. The Morgan fingerprint density at radius 2 is 1.54 bits per heavy atom. The van der Waals surface area contributed by atoms with Crippen molar-refractivity contribution in [2.75, 3.05) is 30.8 Å². The van der Waals surface area contributed by atoms with Crippen molar-refractivity contribution in [1.29, 1.82) is 0 Å². The summed E-state index contributed by atoms with van der Waals surface area (Å²) in [7, 11) is 1.27. The molecule has 3 aromatic rings. The standard InChI is InChI=1S/C31H30F3N3O4/c1-41-29(40)36-26-4-2-3-22(19-26)27(38)37-17-13-21(14-18-37)20-5-11-25(12-6-20)35-28(39)30(15-16-30)23-7-9-24(10-8-23)31(32,33)34/h2-12,19,21H,13-18H2,1H3,(H,35,39)(H,36,40). The molecule has 2 aliphatic rings. The monoisotopic (exact) mass is 565 g/mol. The average molecular weight is 566 g/mol. The van der Waals surface area contributed by atoms with Gasteiger partial charge in [-0.25, -0.2) is 4.79 Å². The number of likely N-dealkylation sites (tertiary alicyclic amines) is 1. The molecule has 1 aliphatic carbocycles. The van der Waals surface area contributed by atoms with E-state index in [9.17, 15) is 27.6 Å². The molecule has 41 heavy (non-hydrogen) atoms. The Bertz CT molecular complexity index is 1430. The first-order chi connectivity index (χ1) is 19.6. The first-order valence-corrected chi connectivity index (χ1v) is 13.4. The van der Waals surface area contributed by atoms with Gasteiger partial charge in [-0.2, -0.15) is 13.2 Å². The summed E-state index contributed by atoms with van der Waals surface area (Å²) in [5, 5.41) is 5.50. The van der Waals surface area contributed by atoms with Crippen LogP contribution < -0.4 is 10.6 Å². The summed E-state index contributed by atoms with van der Waals surface area (Å²) in [6.45, 7) is 1.18. The van der Waals surface area contributed by atoms with Crippen LogP contribution in [0.2, 0.25) is 0 Å². The largest absolute Gasteiger partial charge is 0.453 e. The Hall–Kier alpha value is -4.34. The highest BCUT2D eigenvalue weighted by molar-refractivity contribution is 6.01. The average Bonchev–Trinajstić information content (AvgIpc) is 3.79. The van der Waals surface area contributed by atoms with Crippen molar-refractivity contribution in [2.24, 2.45) is 0 Å². The quantitative estimate of drug-likeness (QED) is 0.354. The molecule has 1 heterocycles. The number of benzene rings is 3. The zero-order valence-corrected chi connectivity index (χ0v) is 22.5. The molecule has 214 valence electrons. The van der Waals surface area contributed by atoms with E-state index in [0.29, 0.717) is 48.4 Å². The molecule has 0 unspecified atom stereocenters. The van der Waals surface area contributed by atoms with Gasteiger partial charge in [0.25, 0.3) is 5.91 Å². The van der Waals surface area contributed by atoms with Gasteiger partial charge in [-0.15, -0.1) is 0 Å². The highest BCUT2D eigenvalue weighted by Gasteiger charge is 2.51. The number of halogens is 3. The van der Waals surface area contributed by atoms with Crippen molar-refractivity contribution < 1.29 is 32.3 Å². The SMILES string of the molecule is COC(=O)Nc1cccc(C(=O)N2CCC(c3ccc(NC(=O)C4(c5ccc(C(F)(F)F)cc5)CC4)cc3)CC2)c1. The van der Waals surface area contributed by atoms with E-state index >= 15 is 0 Å². The molecule has 1 saturated carbocycles. The molecule has 0 aromatic heterocycles.